The zero-order valence-corrected chi connectivity index (χ0v) is 13.4. The Kier molecular flexibility index (Phi) is 4.61. The summed E-state index contributed by atoms with van der Waals surface area (Å²) in [6.45, 7) is 4.97. The van der Waals surface area contributed by atoms with Crippen LogP contribution in [-0.4, -0.2) is 41.7 Å². The van der Waals surface area contributed by atoms with Crippen LogP contribution in [0.25, 0.3) is 0 Å². The second-order valence-corrected chi connectivity index (χ2v) is 5.88. The topological polar surface area (TPSA) is 63.4 Å². The van der Waals surface area contributed by atoms with E-state index in [1.54, 1.807) is 6.07 Å². The molecule has 1 atom stereocenters. The lowest BCUT2D eigenvalue weighted by Crippen LogP contribution is -2.44. The van der Waals surface area contributed by atoms with Crippen LogP contribution in [0.4, 0.5) is 0 Å². The first-order valence-corrected chi connectivity index (χ1v) is 7.63. The maximum atomic E-state index is 5.93. The van der Waals surface area contributed by atoms with Crippen molar-refractivity contribution < 1.29 is 9.26 Å². The van der Waals surface area contributed by atoms with Crippen molar-refractivity contribution in [3.63, 3.8) is 0 Å². The van der Waals surface area contributed by atoms with Gasteiger partial charge in [0.15, 0.2) is 12.4 Å². The first-order valence-electron chi connectivity index (χ1n) is 7.26. The summed E-state index contributed by atoms with van der Waals surface area (Å²) < 4.78 is 11.0. The van der Waals surface area contributed by atoms with Gasteiger partial charge in [0.1, 0.15) is 5.75 Å². The van der Waals surface area contributed by atoms with Gasteiger partial charge in [0.2, 0.25) is 0 Å². The van der Waals surface area contributed by atoms with Crippen molar-refractivity contribution in [2.45, 2.75) is 19.6 Å². The van der Waals surface area contributed by atoms with E-state index >= 15 is 0 Å². The van der Waals surface area contributed by atoms with E-state index in [1.807, 2.05) is 19.1 Å². The Hall–Kier alpha value is -1.63. The summed E-state index contributed by atoms with van der Waals surface area (Å²) in [5, 5.41) is 8.10. The van der Waals surface area contributed by atoms with Gasteiger partial charge in [0.25, 0.3) is 5.89 Å². The number of benzene rings is 1. The molecule has 118 valence electrons. The molecule has 0 spiro atoms. The lowest BCUT2D eigenvalue weighted by molar-refractivity contribution is 0.189. The molecule has 0 amide bonds. The molecule has 22 heavy (non-hydrogen) atoms. The quantitative estimate of drug-likeness (QED) is 0.931. The summed E-state index contributed by atoms with van der Waals surface area (Å²) in [7, 11) is 2.06. The number of hydrogen-bond donors (Lipinski definition) is 1. The van der Waals surface area contributed by atoms with Crippen molar-refractivity contribution in [3.8, 4) is 5.75 Å². The van der Waals surface area contributed by atoms with Gasteiger partial charge in [0, 0.05) is 24.7 Å². The number of aromatic nitrogens is 2. The van der Waals surface area contributed by atoms with Crippen LogP contribution in [0.15, 0.2) is 22.7 Å². The lowest BCUT2D eigenvalue weighted by atomic mass is 10.2. The molecule has 1 fully saturated rings. The standard InChI is InChI=1S/C15H19ClN4O2/c1-10-7-11(16)3-4-13(10)21-9-14-18-15(19-22-14)12-8-17-5-6-20(12)2/h3-4,7,12,17H,5-6,8-9H2,1-2H3. The van der Waals surface area contributed by atoms with Gasteiger partial charge in [-0.2, -0.15) is 4.98 Å². The van der Waals surface area contributed by atoms with Gasteiger partial charge in [-0.05, 0) is 37.7 Å². The second kappa shape index (κ2) is 6.64. The summed E-state index contributed by atoms with van der Waals surface area (Å²) in [5.74, 6) is 1.94. The maximum absolute atomic E-state index is 5.93. The summed E-state index contributed by atoms with van der Waals surface area (Å²) >= 11 is 5.93. The zero-order chi connectivity index (χ0) is 15.5. The van der Waals surface area contributed by atoms with E-state index in [4.69, 9.17) is 20.9 Å². The molecule has 1 unspecified atom stereocenters. The minimum absolute atomic E-state index is 0.142. The normalized spacial score (nSPS) is 19.3. The first kappa shape index (κ1) is 15.3. The molecule has 1 aromatic carbocycles. The molecule has 0 bridgehead atoms. The summed E-state index contributed by atoms with van der Waals surface area (Å²) in [6, 6.07) is 5.64. The van der Waals surface area contributed by atoms with E-state index in [9.17, 15) is 0 Å². The van der Waals surface area contributed by atoms with E-state index in [0.29, 0.717) is 16.7 Å². The minimum Gasteiger partial charge on any atom is -0.483 e. The molecule has 1 aromatic heterocycles. The first-order chi connectivity index (χ1) is 10.6. The average Bonchev–Trinajstić information content (AvgIpc) is 2.95. The van der Waals surface area contributed by atoms with Crippen LogP contribution >= 0.6 is 11.6 Å². The van der Waals surface area contributed by atoms with Crippen LogP contribution in [-0.2, 0) is 6.61 Å². The molecule has 0 saturated carbocycles. The highest BCUT2D eigenvalue weighted by molar-refractivity contribution is 6.30. The number of likely N-dealkylation sites (N-methyl/N-ethyl adjacent to an activating group) is 1. The maximum Gasteiger partial charge on any atom is 0.264 e. The Labute approximate surface area is 134 Å². The number of piperazine rings is 1. The SMILES string of the molecule is Cc1cc(Cl)ccc1OCc1nc(C2CNCCN2C)no1. The molecule has 0 aliphatic carbocycles. The van der Waals surface area contributed by atoms with E-state index in [0.717, 1.165) is 30.9 Å². The van der Waals surface area contributed by atoms with Gasteiger partial charge < -0.3 is 14.6 Å². The predicted octanol–water partition coefficient (Wildman–Crippen LogP) is 2.19. The number of ether oxygens (including phenoxy) is 1. The number of halogens is 1. The van der Waals surface area contributed by atoms with Crippen molar-refractivity contribution in [2.24, 2.45) is 0 Å². The Bertz CT molecular complexity index is 646. The average molecular weight is 323 g/mol. The Balaban J connectivity index is 1.64. The van der Waals surface area contributed by atoms with Gasteiger partial charge in [-0.3, -0.25) is 4.90 Å². The van der Waals surface area contributed by atoms with Crippen molar-refractivity contribution in [1.82, 2.24) is 20.4 Å². The highest BCUT2D eigenvalue weighted by Crippen LogP contribution is 2.23. The third kappa shape index (κ3) is 3.40. The number of nitrogens with zero attached hydrogens (tertiary/aromatic N) is 3. The number of nitrogens with one attached hydrogen (secondary N) is 1. The molecule has 1 N–H and O–H groups in total. The zero-order valence-electron chi connectivity index (χ0n) is 12.7. The van der Waals surface area contributed by atoms with Gasteiger partial charge >= 0.3 is 0 Å². The minimum atomic E-state index is 0.142. The molecule has 1 saturated heterocycles. The molecule has 1 aliphatic rings. The fraction of sp³-hybridized carbons (Fsp3) is 0.467. The third-order valence-corrected chi connectivity index (χ3v) is 4.02. The smallest absolute Gasteiger partial charge is 0.264 e. The monoisotopic (exact) mass is 322 g/mol. The fourth-order valence-corrected chi connectivity index (χ4v) is 2.70. The Morgan fingerprint density at radius 3 is 3.14 bits per heavy atom. The molecule has 2 aromatic rings. The molecular weight excluding hydrogens is 304 g/mol. The van der Waals surface area contributed by atoms with Crippen molar-refractivity contribution in [2.75, 3.05) is 26.7 Å². The van der Waals surface area contributed by atoms with Gasteiger partial charge in [0.05, 0.1) is 6.04 Å². The van der Waals surface area contributed by atoms with Crippen molar-refractivity contribution in [3.05, 3.63) is 40.5 Å². The summed E-state index contributed by atoms with van der Waals surface area (Å²) in [4.78, 5) is 6.65. The third-order valence-electron chi connectivity index (χ3n) is 3.78. The van der Waals surface area contributed by atoms with E-state index in [-0.39, 0.29) is 12.6 Å². The van der Waals surface area contributed by atoms with Crippen LogP contribution in [0.3, 0.4) is 0 Å². The fourth-order valence-electron chi connectivity index (χ4n) is 2.47. The molecule has 0 radical (unpaired) electrons. The Morgan fingerprint density at radius 2 is 2.36 bits per heavy atom. The molecule has 2 heterocycles. The number of aryl methyl sites for hydroxylation is 1. The second-order valence-electron chi connectivity index (χ2n) is 5.45. The highest BCUT2D eigenvalue weighted by Gasteiger charge is 2.25. The van der Waals surface area contributed by atoms with E-state index < -0.39 is 0 Å². The van der Waals surface area contributed by atoms with Crippen molar-refractivity contribution >= 4 is 11.6 Å². The molecular formula is C15H19ClN4O2. The van der Waals surface area contributed by atoms with Crippen LogP contribution in [0.1, 0.15) is 23.3 Å². The van der Waals surface area contributed by atoms with E-state index in [2.05, 4.69) is 27.4 Å². The lowest BCUT2D eigenvalue weighted by Gasteiger charge is -2.30. The molecule has 7 heteroatoms. The Morgan fingerprint density at radius 1 is 1.50 bits per heavy atom. The molecule has 3 rings (SSSR count). The van der Waals surface area contributed by atoms with Crippen LogP contribution in [0.5, 0.6) is 5.75 Å². The van der Waals surface area contributed by atoms with Gasteiger partial charge in [-0.15, -0.1) is 0 Å². The summed E-state index contributed by atoms with van der Waals surface area (Å²) in [5.41, 5.74) is 0.975. The molecule has 6 nitrogen and oxygen atoms in total. The number of hydrogen-bond acceptors (Lipinski definition) is 6. The van der Waals surface area contributed by atoms with Crippen LogP contribution in [0.2, 0.25) is 5.02 Å². The number of rotatable bonds is 4. The van der Waals surface area contributed by atoms with Crippen molar-refractivity contribution in [1.29, 1.82) is 0 Å². The summed E-state index contributed by atoms with van der Waals surface area (Å²) in [6.07, 6.45) is 0. The van der Waals surface area contributed by atoms with Gasteiger partial charge in [-0.1, -0.05) is 16.8 Å². The van der Waals surface area contributed by atoms with Crippen LogP contribution in [0, 0.1) is 6.92 Å². The predicted molar refractivity (Wildman–Crippen MR) is 83.1 cm³/mol. The highest BCUT2D eigenvalue weighted by atomic mass is 35.5. The van der Waals surface area contributed by atoms with Gasteiger partial charge in [-0.25, -0.2) is 0 Å². The molecule has 1 aliphatic heterocycles. The largest absolute Gasteiger partial charge is 0.483 e. The van der Waals surface area contributed by atoms with Crippen LogP contribution < -0.4 is 10.1 Å². The van der Waals surface area contributed by atoms with E-state index in [1.165, 1.54) is 0 Å².